The van der Waals surface area contributed by atoms with Crippen molar-refractivity contribution in [3.63, 3.8) is 0 Å². The van der Waals surface area contributed by atoms with Crippen molar-refractivity contribution in [2.45, 2.75) is 17.6 Å². The van der Waals surface area contributed by atoms with Crippen molar-refractivity contribution in [1.29, 1.82) is 0 Å². The number of ether oxygens (including phenoxy) is 1. The molecule has 0 aliphatic rings. The lowest BCUT2D eigenvalue weighted by Crippen LogP contribution is -2.07. The molecule has 2 aromatic carbocycles. The van der Waals surface area contributed by atoms with Crippen LogP contribution in [0.4, 0.5) is 0 Å². The van der Waals surface area contributed by atoms with E-state index in [0.29, 0.717) is 27.9 Å². The lowest BCUT2D eigenvalue weighted by molar-refractivity contribution is 0.419. The molecular weight excluding hydrogens is 352 g/mol. The lowest BCUT2D eigenvalue weighted by atomic mass is 10.2. The highest BCUT2D eigenvalue weighted by Gasteiger charge is 2.24. The van der Waals surface area contributed by atoms with Crippen molar-refractivity contribution in [3.8, 4) is 5.75 Å². The SMILES string of the molecule is COc1cccc2onc(CS(=O)(=O)c3cccc4ccc(C)nc34)c12. The number of hydrogen-bond donors (Lipinski definition) is 0. The first kappa shape index (κ1) is 16.5. The van der Waals surface area contributed by atoms with Gasteiger partial charge in [-0.2, -0.15) is 0 Å². The minimum absolute atomic E-state index is 0.185. The van der Waals surface area contributed by atoms with Crippen LogP contribution in [0.1, 0.15) is 11.4 Å². The normalized spacial score (nSPS) is 11.9. The van der Waals surface area contributed by atoms with Gasteiger partial charge in [0, 0.05) is 11.1 Å². The summed E-state index contributed by atoms with van der Waals surface area (Å²) in [5, 5.41) is 5.31. The highest BCUT2D eigenvalue weighted by Crippen LogP contribution is 2.32. The van der Waals surface area contributed by atoms with Crippen LogP contribution in [0.15, 0.2) is 57.9 Å². The average molecular weight is 368 g/mol. The van der Waals surface area contributed by atoms with Crippen molar-refractivity contribution in [2.75, 3.05) is 7.11 Å². The van der Waals surface area contributed by atoms with E-state index in [1.807, 2.05) is 25.1 Å². The number of hydrogen-bond acceptors (Lipinski definition) is 6. The third kappa shape index (κ3) is 2.70. The molecule has 0 bridgehead atoms. The van der Waals surface area contributed by atoms with E-state index in [9.17, 15) is 8.42 Å². The summed E-state index contributed by atoms with van der Waals surface area (Å²) in [5.74, 6) is 0.232. The van der Waals surface area contributed by atoms with Crippen LogP contribution in [-0.2, 0) is 15.6 Å². The molecule has 0 fully saturated rings. The van der Waals surface area contributed by atoms with Gasteiger partial charge in [-0.1, -0.05) is 29.4 Å². The molecule has 7 heteroatoms. The van der Waals surface area contributed by atoms with Gasteiger partial charge in [-0.15, -0.1) is 0 Å². The first-order chi connectivity index (χ1) is 12.5. The summed E-state index contributed by atoms with van der Waals surface area (Å²) in [6, 6.07) is 14.1. The highest BCUT2D eigenvalue weighted by molar-refractivity contribution is 7.90. The Morgan fingerprint density at radius 2 is 1.88 bits per heavy atom. The van der Waals surface area contributed by atoms with Gasteiger partial charge in [-0.25, -0.2) is 8.42 Å². The van der Waals surface area contributed by atoms with Crippen LogP contribution in [0, 0.1) is 6.92 Å². The fraction of sp³-hybridized carbons (Fsp3) is 0.158. The van der Waals surface area contributed by atoms with Crippen LogP contribution in [0.2, 0.25) is 0 Å². The first-order valence-electron chi connectivity index (χ1n) is 8.00. The molecule has 6 nitrogen and oxygen atoms in total. The van der Waals surface area contributed by atoms with Crippen LogP contribution >= 0.6 is 0 Å². The van der Waals surface area contributed by atoms with Crippen LogP contribution < -0.4 is 4.74 Å². The molecule has 0 amide bonds. The summed E-state index contributed by atoms with van der Waals surface area (Å²) in [7, 11) is -2.16. The summed E-state index contributed by atoms with van der Waals surface area (Å²) >= 11 is 0. The van der Waals surface area contributed by atoms with Crippen molar-refractivity contribution < 1.29 is 17.7 Å². The Morgan fingerprint density at radius 3 is 2.69 bits per heavy atom. The Kier molecular flexibility index (Phi) is 3.88. The number of nitrogens with zero attached hydrogens (tertiary/aromatic N) is 2. The standard InChI is InChI=1S/C19H16N2O4S/c1-12-9-10-13-5-3-8-17(19(13)20-12)26(22,23)11-14-18-15(24-2)6-4-7-16(18)25-21-14/h3-10H,11H2,1-2H3. The number of sulfone groups is 1. The van der Waals surface area contributed by atoms with E-state index < -0.39 is 9.84 Å². The second-order valence-corrected chi connectivity index (χ2v) is 7.96. The number of aromatic nitrogens is 2. The molecule has 0 spiro atoms. The molecule has 132 valence electrons. The number of para-hydroxylation sites is 1. The van der Waals surface area contributed by atoms with E-state index in [0.717, 1.165) is 11.1 Å². The molecule has 0 saturated carbocycles. The summed E-state index contributed by atoms with van der Waals surface area (Å²) in [5.41, 5.74) is 2.03. The molecule has 4 rings (SSSR count). The van der Waals surface area contributed by atoms with Gasteiger partial charge in [0.1, 0.15) is 17.2 Å². The Hall–Kier alpha value is -2.93. The third-order valence-electron chi connectivity index (χ3n) is 4.23. The minimum atomic E-state index is -3.68. The number of fused-ring (bicyclic) bond motifs is 2. The Morgan fingerprint density at radius 1 is 1.08 bits per heavy atom. The van der Waals surface area contributed by atoms with Gasteiger partial charge < -0.3 is 9.26 Å². The summed E-state index contributed by atoms with van der Waals surface area (Å²) in [6.07, 6.45) is 0. The van der Waals surface area contributed by atoms with Gasteiger partial charge in [-0.05, 0) is 31.2 Å². The number of benzene rings is 2. The predicted octanol–water partition coefficient (Wildman–Crippen LogP) is 3.67. The van der Waals surface area contributed by atoms with Crippen LogP contribution in [0.5, 0.6) is 5.75 Å². The second kappa shape index (κ2) is 6.10. The van der Waals surface area contributed by atoms with E-state index in [-0.39, 0.29) is 10.6 Å². The van der Waals surface area contributed by atoms with Gasteiger partial charge in [-0.3, -0.25) is 4.98 Å². The molecule has 0 aliphatic carbocycles. The van der Waals surface area contributed by atoms with Crippen molar-refractivity contribution in [2.24, 2.45) is 0 Å². The maximum atomic E-state index is 13.1. The molecule has 0 aliphatic heterocycles. The molecule has 0 N–H and O–H groups in total. The Bertz CT molecular complexity index is 1230. The number of pyridine rings is 1. The van der Waals surface area contributed by atoms with Crippen molar-refractivity contribution in [3.05, 3.63) is 59.9 Å². The molecule has 0 unspecified atom stereocenters. The quantitative estimate of drug-likeness (QED) is 0.547. The maximum Gasteiger partial charge on any atom is 0.186 e. The molecule has 0 atom stereocenters. The topological polar surface area (TPSA) is 82.3 Å². The Balaban J connectivity index is 1.86. The zero-order chi connectivity index (χ0) is 18.3. The molecule has 4 aromatic rings. The van der Waals surface area contributed by atoms with Gasteiger partial charge in [0.25, 0.3) is 0 Å². The van der Waals surface area contributed by atoms with Crippen molar-refractivity contribution in [1.82, 2.24) is 10.1 Å². The smallest absolute Gasteiger partial charge is 0.186 e. The Labute approximate surface area is 150 Å². The summed E-state index contributed by atoms with van der Waals surface area (Å²) in [4.78, 5) is 4.60. The summed E-state index contributed by atoms with van der Waals surface area (Å²) < 4.78 is 36.8. The number of aryl methyl sites for hydroxylation is 1. The lowest BCUT2D eigenvalue weighted by Gasteiger charge is -2.08. The van der Waals surface area contributed by atoms with Crippen LogP contribution in [0.25, 0.3) is 21.9 Å². The highest BCUT2D eigenvalue weighted by atomic mass is 32.2. The monoisotopic (exact) mass is 368 g/mol. The second-order valence-electron chi connectivity index (χ2n) is 6.00. The van der Waals surface area contributed by atoms with Gasteiger partial charge in [0.2, 0.25) is 0 Å². The van der Waals surface area contributed by atoms with Crippen LogP contribution in [0.3, 0.4) is 0 Å². The van der Waals surface area contributed by atoms with E-state index >= 15 is 0 Å². The van der Waals surface area contributed by atoms with E-state index in [1.165, 1.54) is 7.11 Å². The zero-order valence-electron chi connectivity index (χ0n) is 14.3. The van der Waals surface area contributed by atoms with Gasteiger partial charge in [0.05, 0.1) is 22.9 Å². The molecule has 26 heavy (non-hydrogen) atoms. The van der Waals surface area contributed by atoms with E-state index in [2.05, 4.69) is 10.1 Å². The molecule has 2 aromatic heterocycles. The molecule has 0 radical (unpaired) electrons. The fourth-order valence-corrected chi connectivity index (χ4v) is 4.47. The largest absolute Gasteiger partial charge is 0.496 e. The molecule has 2 heterocycles. The van der Waals surface area contributed by atoms with E-state index in [1.54, 1.807) is 30.3 Å². The molecular formula is C19H16N2O4S. The minimum Gasteiger partial charge on any atom is -0.496 e. The average Bonchev–Trinajstić information content (AvgIpc) is 3.03. The number of rotatable bonds is 4. The van der Waals surface area contributed by atoms with Gasteiger partial charge >= 0.3 is 0 Å². The third-order valence-corrected chi connectivity index (χ3v) is 5.89. The first-order valence-corrected chi connectivity index (χ1v) is 9.65. The zero-order valence-corrected chi connectivity index (χ0v) is 15.1. The number of methoxy groups -OCH3 is 1. The molecule has 0 saturated heterocycles. The fourth-order valence-electron chi connectivity index (χ4n) is 3.02. The summed E-state index contributed by atoms with van der Waals surface area (Å²) in [6.45, 7) is 1.83. The van der Waals surface area contributed by atoms with Crippen molar-refractivity contribution >= 4 is 31.7 Å². The van der Waals surface area contributed by atoms with Gasteiger partial charge in [0.15, 0.2) is 15.4 Å². The maximum absolute atomic E-state index is 13.1. The van der Waals surface area contributed by atoms with E-state index in [4.69, 9.17) is 9.26 Å². The predicted molar refractivity (Wildman–Crippen MR) is 97.9 cm³/mol. The van der Waals surface area contributed by atoms with Crippen LogP contribution in [-0.4, -0.2) is 25.7 Å².